The number of piperidine rings is 1. The van der Waals surface area contributed by atoms with Crippen molar-refractivity contribution >= 4 is 18.3 Å². The fourth-order valence-electron chi connectivity index (χ4n) is 2.61. The lowest BCUT2D eigenvalue weighted by atomic mass is 9.99. The first kappa shape index (κ1) is 15.7. The van der Waals surface area contributed by atoms with Crippen LogP contribution in [0.15, 0.2) is 0 Å². The van der Waals surface area contributed by atoms with Gasteiger partial charge in [-0.05, 0) is 31.8 Å². The summed E-state index contributed by atoms with van der Waals surface area (Å²) in [6, 6.07) is 0. The Labute approximate surface area is 116 Å². The predicted molar refractivity (Wildman–Crippen MR) is 76.2 cm³/mol. The van der Waals surface area contributed by atoms with Gasteiger partial charge >= 0.3 is 0 Å². The van der Waals surface area contributed by atoms with Gasteiger partial charge in [-0.1, -0.05) is 6.92 Å². The third-order valence-electron chi connectivity index (χ3n) is 3.99. The van der Waals surface area contributed by atoms with E-state index < -0.39 is 0 Å². The molecule has 18 heavy (non-hydrogen) atoms. The smallest absolute Gasteiger partial charge is 0.223 e. The second-order valence-electron chi connectivity index (χ2n) is 5.40. The topological polar surface area (TPSA) is 35.6 Å². The van der Waals surface area contributed by atoms with E-state index in [1.807, 2.05) is 4.90 Å². The molecule has 0 saturated carbocycles. The van der Waals surface area contributed by atoms with Gasteiger partial charge in [-0.15, -0.1) is 12.4 Å². The quantitative estimate of drug-likeness (QED) is 0.834. The molecular weight excluding hydrogens is 250 g/mol. The van der Waals surface area contributed by atoms with Crippen molar-refractivity contribution in [2.24, 2.45) is 5.92 Å². The molecule has 1 N–H and O–H groups in total. The van der Waals surface area contributed by atoms with E-state index in [2.05, 4.69) is 17.1 Å². The molecule has 2 saturated heterocycles. The highest BCUT2D eigenvalue weighted by atomic mass is 35.5. The summed E-state index contributed by atoms with van der Waals surface area (Å²) >= 11 is 0. The van der Waals surface area contributed by atoms with Crippen LogP contribution in [-0.2, 0) is 4.79 Å². The Bertz CT molecular complexity index is 249. The van der Waals surface area contributed by atoms with E-state index in [1.165, 1.54) is 25.9 Å². The summed E-state index contributed by atoms with van der Waals surface area (Å²) in [5.74, 6) is 1.21. The number of halogens is 1. The molecule has 2 fully saturated rings. The molecule has 0 atom stereocenters. The van der Waals surface area contributed by atoms with Crippen LogP contribution in [0.4, 0.5) is 0 Å². The molecule has 0 bridgehead atoms. The Balaban J connectivity index is 0.00000162. The number of piperazine rings is 1. The van der Waals surface area contributed by atoms with E-state index in [1.54, 1.807) is 0 Å². The lowest BCUT2D eigenvalue weighted by Crippen LogP contribution is -2.47. The van der Waals surface area contributed by atoms with Crippen LogP contribution in [0.2, 0.25) is 0 Å². The van der Waals surface area contributed by atoms with Gasteiger partial charge in [0.25, 0.3) is 0 Å². The Kier molecular flexibility index (Phi) is 6.97. The molecule has 0 spiro atoms. The fourth-order valence-corrected chi connectivity index (χ4v) is 2.61. The van der Waals surface area contributed by atoms with Crippen LogP contribution in [-0.4, -0.2) is 61.5 Å². The van der Waals surface area contributed by atoms with Gasteiger partial charge in [0.05, 0.1) is 0 Å². The molecule has 0 unspecified atom stereocenters. The summed E-state index contributed by atoms with van der Waals surface area (Å²) in [7, 11) is 0. The molecule has 0 aromatic heterocycles. The zero-order chi connectivity index (χ0) is 12.1. The van der Waals surface area contributed by atoms with Crippen LogP contribution in [0.1, 0.15) is 26.2 Å². The average Bonchev–Trinajstić information content (AvgIpc) is 2.39. The van der Waals surface area contributed by atoms with Crippen LogP contribution in [0.25, 0.3) is 0 Å². The lowest BCUT2D eigenvalue weighted by Gasteiger charge is -2.31. The van der Waals surface area contributed by atoms with Crippen molar-refractivity contribution in [1.82, 2.24) is 15.1 Å². The van der Waals surface area contributed by atoms with E-state index >= 15 is 0 Å². The van der Waals surface area contributed by atoms with Crippen LogP contribution in [0.3, 0.4) is 0 Å². The van der Waals surface area contributed by atoms with Gasteiger partial charge in [0.15, 0.2) is 0 Å². The Morgan fingerprint density at radius 2 is 1.78 bits per heavy atom. The molecule has 2 rings (SSSR count). The molecule has 2 aliphatic rings. The number of rotatable bonds is 3. The number of amides is 1. The van der Waals surface area contributed by atoms with Crippen LogP contribution >= 0.6 is 12.4 Å². The van der Waals surface area contributed by atoms with Crippen LogP contribution in [0.5, 0.6) is 0 Å². The third-order valence-corrected chi connectivity index (χ3v) is 3.99. The molecule has 5 heteroatoms. The molecule has 0 aliphatic carbocycles. The zero-order valence-electron chi connectivity index (χ0n) is 11.4. The van der Waals surface area contributed by atoms with E-state index in [4.69, 9.17) is 0 Å². The standard InChI is InChI=1S/C13H25N3O.ClH/c1-12-2-7-15(8-3-12)9-4-13(17)16-10-5-14-6-11-16;/h12,14H,2-11H2,1H3;1H. The molecule has 0 radical (unpaired) electrons. The van der Waals surface area contributed by atoms with E-state index in [0.29, 0.717) is 12.3 Å². The predicted octanol–water partition coefficient (Wildman–Crippen LogP) is 0.962. The van der Waals surface area contributed by atoms with Gasteiger partial charge in [0.2, 0.25) is 5.91 Å². The van der Waals surface area contributed by atoms with Gasteiger partial charge in [0.1, 0.15) is 0 Å². The molecular formula is C13H26ClN3O. The summed E-state index contributed by atoms with van der Waals surface area (Å²) in [4.78, 5) is 16.4. The first-order valence-electron chi connectivity index (χ1n) is 6.96. The average molecular weight is 276 g/mol. The lowest BCUT2D eigenvalue weighted by molar-refractivity contribution is -0.132. The maximum absolute atomic E-state index is 12.0. The Hall–Kier alpha value is -0.320. The molecule has 4 nitrogen and oxygen atoms in total. The summed E-state index contributed by atoms with van der Waals surface area (Å²) in [5.41, 5.74) is 0. The Morgan fingerprint density at radius 1 is 1.17 bits per heavy atom. The van der Waals surface area contributed by atoms with Crippen molar-refractivity contribution in [2.45, 2.75) is 26.2 Å². The monoisotopic (exact) mass is 275 g/mol. The number of hydrogen-bond donors (Lipinski definition) is 1. The van der Waals surface area contributed by atoms with Gasteiger partial charge in [-0.25, -0.2) is 0 Å². The van der Waals surface area contributed by atoms with Crippen molar-refractivity contribution in [3.05, 3.63) is 0 Å². The number of likely N-dealkylation sites (tertiary alicyclic amines) is 1. The first-order valence-corrected chi connectivity index (χ1v) is 6.96. The first-order chi connectivity index (χ1) is 8.25. The van der Waals surface area contributed by atoms with E-state index in [0.717, 1.165) is 38.6 Å². The van der Waals surface area contributed by atoms with Gasteiger partial charge in [0, 0.05) is 39.1 Å². The van der Waals surface area contributed by atoms with Crippen molar-refractivity contribution in [3.8, 4) is 0 Å². The SMILES string of the molecule is CC1CCN(CCC(=O)N2CCNCC2)CC1.Cl. The third kappa shape index (κ3) is 4.75. The molecule has 0 aromatic carbocycles. The fraction of sp³-hybridized carbons (Fsp3) is 0.923. The van der Waals surface area contributed by atoms with Crippen LogP contribution in [0, 0.1) is 5.92 Å². The summed E-state index contributed by atoms with van der Waals surface area (Å²) in [6.07, 6.45) is 3.29. The summed E-state index contributed by atoms with van der Waals surface area (Å²) in [6.45, 7) is 9.30. The van der Waals surface area contributed by atoms with E-state index in [-0.39, 0.29) is 12.4 Å². The van der Waals surface area contributed by atoms with E-state index in [9.17, 15) is 4.79 Å². The van der Waals surface area contributed by atoms with Crippen LogP contribution < -0.4 is 5.32 Å². The maximum Gasteiger partial charge on any atom is 0.223 e. The van der Waals surface area contributed by atoms with Gasteiger partial charge < -0.3 is 15.1 Å². The molecule has 1 amide bonds. The molecule has 2 heterocycles. The largest absolute Gasteiger partial charge is 0.340 e. The number of carbonyl (C=O) groups excluding carboxylic acids is 1. The van der Waals surface area contributed by atoms with Crippen molar-refractivity contribution < 1.29 is 4.79 Å². The minimum Gasteiger partial charge on any atom is -0.340 e. The molecule has 2 aliphatic heterocycles. The number of hydrogen-bond acceptors (Lipinski definition) is 3. The highest BCUT2D eigenvalue weighted by molar-refractivity contribution is 5.85. The number of nitrogens with zero attached hydrogens (tertiary/aromatic N) is 2. The van der Waals surface area contributed by atoms with Gasteiger partial charge in [-0.3, -0.25) is 4.79 Å². The molecule has 106 valence electrons. The highest BCUT2D eigenvalue weighted by Gasteiger charge is 2.19. The molecule has 0 aromatic rings. The van der Waals surface area contributed by atoms with Crippen molar-refractivity contribution in [2.75, 3.05) is 45.8 Å². The normalized spacial score (nSPS) is 22.6. The summed E-state index contributed by atoms with van der Waals surface area (Å²) in [5, 5.41) is 3.28. The second kappa shape index (κ2) is 7.97. The number of carbonyl (C=O) groups is 1. The Morgan fingerprint density at radius 3 is 2.39 bits per heavy atom. The summed E-state index contributed by atoms with van der Waals surface area (Å²) < 4.78 is 0. The van der Waals surface area contributed by atoms with Crippen molar-refractivity contribution in [1.29, 1.82) is 0 Å². The van der Waals surface area contributed by atoms with Gasteiger partial charge in [-0.2, -0.15) is 0 Å². The second-order valence-corrected chi connectivity index (χ2v) is 5.40. The minimum absolute atomic E-state index is 0. The van der Waals surface area contributed by atoms with Crippen molar-refractivity contribution in [3.63, 3.8) is 0 Å². The highest BCUT2D eigenvalue weighted by Crippen LogP contribution is 2.16. The zero-order valence-corrected chi connectivity index (χ0v) is 12.2. The minimum atomic E-state index is 0. The maximum atomic E-state index is 12.0. The number of nitrogens with one attached hydrogen (secondary N) is 1.